The minimum Gasteiger partial charge on any atom is -0.480 e. The molecule has 1 saturated heterocycles. The van der Waals surface area contributed by atoms with Gasteiger partial charge in [0.05, 0.1) is 10.6 Å². The normalized spacial score (nSPS) is 20.9. The highest BCUT2D eigenvalue weighted by molar-refractivity contribution is 7.89. The second-order valence-electron chi connectivity index (χ2n) is 9.30. The SMILES string of the molecule is CC1Cc2nc(C(=O)N3CCN(S(=O)(=O)c4ccc5cc(C(N)=NO)ccc5c4)CC3C(=O)O)sc2CN1. The van der Waals surface area contributed by atoms with Crippen LogP contribution in [0.1, 0.15) is 32.9 Å². The fourth-order valence-electron chi connectivity index (χ4n) is 4.71. The lowest BCUT2D eigenvalue weighted by molar-refractivity contribution is -0.143. The van der Waals surface area contributed by atoms with Gasteiger partial charge in [-0.05, 0) is 35.9 Å². The Balaban J connectivity index is 1.38. The van der Waals surface area contributed by atoms with E-state index in [1.54, 1.807) is 24.3 Å². The third-order valence-corrected chi connectivity index (χ3v) is 9.76. The molecular weight excluding hydrogens is 532 g/mol. The molecular formula is C24H26N6O6S2. The molecule has 38 heavy (non-hydrogen) atoms. The summed E-state index contributed by atoms with van der Waals surface area (Å²) in [5.41, 5.74) is 6.95. The Bertz CT molecular complexity index is 1570. The Morgan fingerprint density at radius 1 is 1.18 bits per heavy atom. The Kier molecular flexibility index (Phi) is 6.81. The lowest BCUT2D eigenvalue weighted by Crippen LogP contribution is -2.59. The van der Waals surface area contributed by atoms with Gasteiger partial charge in [-0.1, -0.05) is 23.4 Å². The van der Waals surface area contributed by atoms with Crippen molar-refractivity contribution in [3.8, 4) is 0 Å². The van der Waals surface area contributed by atoms with Crippen molar-refractivity contribution in [1.82, 2.24) is 19.5 Å². The Morgan fingerprint density at radius 2 is 1.92 bits per heavy atom. The highest BCUT2D eigenvalue weighted by Crippen LogP contribution is 2.28. The number of amidine groups is 1. The van der Waals surface area contributed by atoms with Crippen molar-refractivity contribution in [3.05, 3.63) is 57.5 Å². The molecule has 1 aromatic heterocycles. The molecule has 14 heteroatoms. The minimum absolute atomic E-state index is 0.000295. The molecule has 2 aliphatic heterocycles. The average Bonchev–Trinajstić information content (AvgIpc) is 3.34. The number of amides is 1. The van der Waals surface area contributed by atoms with Gasteiger partial charge in [0.1, 0.15) is 6.04 Å². The van der Waals surface area contributed by atoms with Crippen LogP contribution >= 0.6 is 11.3 Å². The molecule has 2 atom stereocenters. The van der Waals surface area contributed by atoms with E-state index in [1.165, 1.54) is 28.4 Å². The van der Waals surface area contributed by atoms with Crippen molar-refractivity contribution < 1.29 is 28.3 Å². The molecule has 5 N–H and O–H groups in total. The van der Waals surface area contributed by atoms with E-state index in [0.29, 0.717) is 29.3 Å². The van der Waals surface area contributed by atoms with E-state index < -0.39 is 27.9 Å². The zero-order valence-electron chi connectivity index (χ0n) is 20.4. The van der Waals surface area contributed by atoms with E-state index in [1.807, 2.05) is 6.92 Å². The summed E-state index contributed by atoms with van der Waals surface area (Å²) in [5.74, 6) is -1.86. The summed E-state index contributed by atoms with van der Waals surface area (Å²) in [6.07, 6.45) is 0.684. The summed E-state index contributed by atoms with van der Waals surface area (Å²) in [6.45, 7) is 2.12. The Hall–Kier alpha value is -3.59. The molecule has 200 valence electrons. The molecule has 1 fully saturated rings. The van der Waals surface area contributed by atoms with Crippen LogP contribution in [0.25, 0.3) is 10.8 Å². The number of nitrogens with two attached hydrogens (primary N) is 1. The maximum atomic E-state index is 13.5. The van der Waals surface area contributed by atoms with Crippen LogP contribution in [0.2, 0.25) is 0 Å². The summed E-state index contributed by atoms with van der Waals surface area (Å²) in [6, 6.07) is 8.32. The molecule has 3 heterocycles. The number of nitrogens with zero attached hydrogens (tertiary/aromatic N) is 4. The van der Waals surface area contributed by atoms with Crippen LogP contribution in [0.5, 0.6) is 0 Å². The lowest BCUT2D eigenvalue weighted by atomic mass is 10.1. The first-order chi connectivity index (χ1) is 18.1. The zero-order chi connectivity index (χ0) is 27.2. The van der Waals surface area contributed by atoms with Crippen LogP contribution in [-0.2, 0) is 27.8 Å². The number of hydrogen-bond donors (Lipinski definition) is 4. The third kappa shape index (κ3) is 4.71. The molecule has 2 aromatic carbocycles. The molecule has 0 spiro atoms. The summed E-state index contributed by atoms with van der Waals surface area (Å²) in [5, 5.41) is 26.6. The molecule has 12 nitrogen and oxygen atoms in total. The highest BCUT2D eigenvalue weighted by Gasteiger charge is 2.41. The topological polar surface area (TPSA) is 179 Å². The van der Waals surface area contributed by atoms with Gasteiger partial charge in [0, 0.05) is 49.1 Å². The van der Waals surface area contributed by atoms with Gasteiger partial charge < -0.3 is 26.3 Å². The van der Waals surface area contributed by atoms with Crippen LogP contribution < -0.4 is 11.1 Å². The van der Waals surface area contributed by atoms with E-state index in [2.05, 4.69) is 15.5 Å². The second-order valence-corrected chi connectivity index (χ2v) is 12.3. The molecule has 2 unspecified atom stereocenters. The Morgan fingerprint density at radius 3 is 2.66 bits per heavy atom. The first-order valence-electron chi connectivity index (χ1n) is 11.9. The first kappa shape index (κ1) is 26.0. The molecule has 0 bridgehead atoms. The first-order valence-corrected chi connectivity index (χ1v) is 14.1. The van der Waals surface area contributed by atoms with Crippen molar-refractivity contribution in [2.75, 3.05) is 19.6 Å². The molecule has 2 aliphatic rings. The number of carboxylic acids is 1. The quantitative estimate of drug-likeness (QED) is 0.154. The van der Waals surface area contributed by atoms with Gasteiger partial charge in [0.25, 0.3) is 5.91 Å². The highest BCUT2D eigenvalue weighted by atomic mass is 32.2. The maximum Gasteiger partial charge on any atom is 0.327 e. The van der Waals surface area contributed by atoms with E-state index >= 15 is 0 Å². The Labute approximate surface area is 222 Å². The number of oxime groups is 1. The smallest absolute Gasteiger partial charge is 0.327 e. The number of piperazine rings is 1. The lowest BCUT2D eigenvalue weighted by Gasteiger charge is -2.38. The number of aromatic nitrogens is 1. The number of rotatable bonds is 5. The number of carbonyl (C=O) groups is 2. The van der Waals surface area contributed by atoms with Gasteiger partial charge in [-0.15, -0.1) is 11.3 Å². The van der Waals surface area contributed by atoms with E-state index in [4.69, 9.17) is 10.9 Å². The zero-order valence-corrected chi connectivity index (χ0v) is 22.0. The van der Waals surface area contributed by atoms with E-state index in [0.717, 1.165) is 14.9 Å². The van der Waals surface area contributed by atoms with Gasteiger partial charge in [-0.25, -0.2) is 18.2 Å². The predicted octanol–water partition coefficient (Wildman–Crippen LogP) is 1.02. The van der Waals surface area contributed by atoms with Crippen LogP contribution in [-0.4, -0.2) is 82.4 Å². The average molecular weight is 559 g/mol. The van der Waals surface area contributed by atoms with Gasteiger partial charge in [0.15, 0.2) is 10.8 Å². The summed E-state index contributed by atoms with van der Waals surface area (Å²) in [4.78, 5) is 32.0. The van der Waals surface area contributed by atoms with Crippen LogP contribution in [0, 0.1) is 0 Å². The number of carbonyl (C=O) groups excluding carboxylic acids is 1. The van der Waals surface area contributed by atoms with Crippen molar-refractivity contribution in [1.29, 1.82) is 0 Å². The maximum absolute atomic E-state index is 13.5. The van der Waals surface area contributed by atoms with Crippen molar-refractivity contribution in [3.63, 3.8) is 0 Å². The fraction of sp³-hybridized carbons (Fsp3) is 0.333. The van der Waals surface area contributed by atoms with E-state index in [9.17, 15) is 23.1 Å². The summed E-state index contributed by atoms with van der Waals surface area (Å²) in [7, 11) is -4.05. The van der Waals surface area contributed by atoms with Gasteiger partial charge >= 0.3 is 5.97 Å². The number of sulfonamides is 1. The summed E-state index contributed by atoms with van der Waals surface area (Å²) >= 11 is 1.24. The number of hydrogen-bond acceptors (Lipinski definition) is 9. The van der Waals surface area contributed by atoms with E-state index in [-0.39, 0.29) is 41.4 Å². The second kappa shape index (κ2) is 9.94. The molecule has 3 aromatic rings. The van der Waals surface area contributed by atoms with Crippen molar-refractivity contribution in [2.24, 2.45) is 10.9 Å². The van der Waals surface area contributed by atoms with Gasteiger partial charge in [0.2, 0.25) is 10.0 Å². The number of thiazole rings is 1. The monoisotopic (exact) mass is 558 g/mol. The largest absolute Gasteiger partial charge is 0.480 e. The number of fused-ring (bicyclic) bond motifs is 2. The minimum atomic E-state index is -4.05. The molecule has 0 aliphatic carbocycles. The number of benzene rings is 2. The standard InChI is InChI=1S/C24H26N6O6S2/c1-13-8-18-20(11-26-13)37-22(27-18)23(31)30-7-6-29(12-19(30)24(32)33)38(35,36)17-5-4-14-9-16(21(25)28-34)3-2-15(14)10-17/h2-5,9-10,13,19,26,34H,6-8,11-12H2,1H3,(H2,25,28)(H,32,33). The van der Waals surface area contributed by atoms with Gasteiger partial charge in [-0.3, -0.25) is 4.79 Å². The van der Waals surface area contributed by atoms with Crippen LogP contribution in [0.3, 0.4) is 0 Å². The predicted molar refractivity (Wildman–Crippen MR) is 140 cm³/mol. The fourth-order valence-corrected chi connectivity index (χ4v) is 7.18. The third-order valence-electron chi connectivity index (χ3n) is 6.81. The van der Waals surface area contributed by atoms with Gasteiger partial charge in [-0.2, -0.15) is 4.31 Å². The van der Waals surface area contributed by atoms with Crippen LogP contribution in [0.15, 0.2) is 46.4 Å². The number of carboxylic acid groups (broad SMARTS) is 1. The van der Waals surface area contributed by atoms with Crippen molar-refractivity contribution >= 4 is 49.8 Å². The molecule has 0 saturated carbocycles. The summed E-state index contributed by atoms with van der Waals surface area (Å²) < 4.78 is 28.0. The number of nitrogens with one attached hydrogen (secondary N) is 1. The molecule has 5 rings (SSSR count). The van der Waals surface area contributed by atoms with Crippen LogP contribution in [0.4, 0.5) is 0 Å². The number of aliphatic carboxylic acids is 1. The molecule has 1 amide bonds. The molecule has 0 radical (unpaired) electrons. The van der Waals surface area contributed by atoms with Crippen molar-refractivity contribution in [2.45, 2.75) is 36.9 Å².